The van der Waals surface area contributed by atoms with Crippen LogP contribution < -0.4 is 0 Å². The van der Waals surface area contributed by atoms with Crippen LogP contribution in [0, 0.1) is 5.92 Å². The summed E-state index contributed by atoms with van der Waals surface area (Å²) in [7, 11) is 0. The number of aliphatic hydroxyl groups excluding tert-OH is 1. The summed E-state index contributed by atoms with van der Waals surface area (Å²) in [6.45, 7) is 7.46. The van der Waals surface area contributed by atoms with Crippen LogP contribution in [-0.4, -0.2) is 45.9 Å². The van der Waals surface area contributed by atoms with Gasteiger partial charge in [0.1, 0.15) is 23.3 Å². The monoisotopic (exact) mass is 246 g/mol. The van der Waals surface area contributed by atoms with E-state index in [0.717, 1.165) is 6.42 Å². The van der Waals surface area contributed by atoms with Gasteiger partial charge in [-0.2, -0.15) is 0 Å². The molecule has 0 aromatic heterocycles. The Morgan fingerprint density at radius 2 is 1.19 bits per heavy atom. The number of hydrogen-bond donors (Lipinski definition) is 1. The van der Waals surface area contributed by atoms with Crippen molar-refractivity contribution in [1.82, 2.24) is 0 Å². The van der Waals surface area contributed by atoms with E-state index in [1.54, 1.807) is 6.92 Å². The summed E-state index contributed by atoms with van der Waals surface area (Å²) in [5.74, 6) is -2.15. The van der Waals surface area contributed by atoms with Crippen molar-refractivity contribution in [2.24, 2.45) is 5.92 Å². The number of aliphatic hydroxyl groups is 1. The first-order valence-electron chi connectivity index (χ1n) is 4.93. The molecule has 5 heteroatoms. The summed E-state index contributed by atoms with van der Waals surface area (Å²) in [4.78, 5) is 31.8. The topological polar surface area (TPSA) is 71.4 Å². The number of rotatable bonds is 4. The molecule has 0 aromatic carbocycles. The minimum Gasteiger partial charge on any atom is -0.393 e. The molecule has 1 atom stereocenters. The summed E-state index contributed by atoms with van der Waals surface area (Å²) in [5, 5.41) is 8.36. The van der Waals surface area contributed by atoms with Crippen LogP contribution in [0.1, 0.15) is 41.0 Å². The van der Waals surface area contributed by atoms with E-state index in [2.05, 4.69) is 0 Å². The van der Waals surface area contributed by atoms with Gasteiger partial charge in [0.15, 0.2) is 17.4 Å². The van der Waals surface area contributed by atoms with E-state index in [1.165, 1.54) is 20.8 Å². The molecule has 1 N–H and O–H groups in total. The van der Waals surface area contributed by atoms with Crippen LogP contribution in [0.15, 0.2) is 0 Å². The smallest absolute Gasteiger partial charge is 0.187 e. The van der Waals surface area contributed by atoms with Crippen molar-refractivity contribution in [3.63, 3.8) is 0 Å². The summed E-state index contributed by atoms with van der Waals surface area (Å²) in [6, 6.07) is 0. The fourth-order valence-electron chi connectivity index (χ4n) is 0.859. The van der Waals surface area contributed by atoms with Crippen molar-refractivity contribution in [3.05, 3.63) is 0 Å². The molecule has 94 valence electrons. The molecule has 1 unspecified atom stereocenters. The second kappa shape index (κ2) is 11.0. The lowest BCUT2D eigenvalue weighted by atomic mass is 9.97. The average molecular weight is 246 g/mol. The summed E-state index contributed by atoms with van der Waals surface area (Å²) < 4.78 is 0. The predicted octanol–water partition coefficient (Wildman–Crippen LogP) is -0.0371. The van der Waals surface area contributed by atoms with E-state index >= 15 is 0 Å². The zero-order valence-electron chi connectivity index (χ0n) is 10.0. The maximum absolute atomic E-state index is 10.6. The summed E-state index contributed by atoms with van der Waals surface area (Å²) in [5.41, 5.74) is 0. The molecular formula is C11H23AlO4. The molecule has 0 amide bonds. The molecule has 0 heterocycles. The zero-order valence-corrected chi connectivity index (χ0v) is 10.0. The second-order valence-corrected chi connectivity index (χ2v) is 3.52. The molecule has 16 heavy (non-hydrogen) atoms. The maximum atomic E-state index is 10.6. The molecule has 0 aliphatic carbocycles. The van der Waals surface area contributed by atoms with Gasteiger partial charge in [0, 0.05) is 0 Å². The van der Waals surface area contributed by atoms with Gasteiger partial charge in [-0.25, -0.2) is 0 Å². The molecule has 0 radical (unpaired) electrons. The zero-order chi connectivity index (χ0) is 12.6. The van der Waals surface area contributed by atoms with Crippen LogP contribution in [0.2, 0.25) is 0 Å². The first kappa shape index (κ1) is 20.9. The molecule has 0 spiro atoms. The van der Waals surface area contributed by atoms with Gasteiger partial charge >= 0.3 is 0 Å². The normalized spacial score (nSPS) is 10.7. The van der Waals surface area contributed by atoms with Crippen molar-refractivity contribution in [3.8, 4) is 0 Å². The molecule has 0 fully saturated rings. The maximum Gasteiger partial charge on any atom is 0.187 e. The van der Waals surface area contributed by atoms with E-state index in [9.17, 15) is 14.4 Å². The first-order chi connectivity index (χ1) is 6.73. The van der Waals surface area contributed by atoms with Gasteiger partial charge in [-0.05, 0) is 34.1 Å². The molecule has 0 aromatic rings. The molecule has 0 saturated carbocycles. The van der Waals surface area contributed by atoms with Gasteiger partial charge in [0.2, 0.25) is 0 Å². The Bertz CT molecular complexity index is 203. The third kappa shape index (κ3) is 11.6. The number of Topliss-reactive ketones (excluding diaryl/α,β-unsaturated/α-hetero) is 3. The van der Waals surface area contributed by atoms with Crippen molar-refractivity contribution in [2.45, 2.75) is 47.1 Å². The van der Waals surface area contributed by atoms with E-state index in [-0.39, 0.29) is 40.8 Å². The highest BCUT2D eigenvalue weighted by molar-refractivity contribution is 6.17. The molecule has 0 aliphatic rings. The van der Waals surface area contributed by atoms with Crippen molar-refractivity contribution in [2.75, 3.05) is 0 Å². The largest absolute Gasteiger partial charge is 0.393 e. The SMILES string of the molecule is CC(=O)C(C(C)=O)C(C)=O.CCC(C)O.[AlH3]. The van der Waals surface area contributed by atoms with Crippen LogP contribution in [0.3, 0.4) is 0 Å². The highest BCUT2D eigenvalue weighted by Crippen LogP contribution is 2.00. The number of hydrogen-bond acceptors (Lipinski definition) is 4. The Kier molecular flexibility index (Phi) is 14.3. The van der Waals surface area contributed by atoms with Gasteiger partial charge in [-0.1, -0.05) is 6.92 Å². The molecule has 0 rings (SSSR count). The van der Waals surface area contributed by atoms with E-state index in [1.807, 2.05) is 6.92 Å². The van der Waals surface area contributed by atoms with E-state index in [4.69, 9.17) is 5.11 Å². The van der Waals surface area contributed by atoms with Gasteiger partial charge in [0.25, 0.3) is 0 Å². The second-order valence-electron chi connectivity index (χ2n) is 3.52. The highest BCUT2D eigenvalue weighted by Gasteiger charge is 2.23. The van der Waals surface area contributed by atoms with Crippen LogP contribution in [-0.2, 0) is 14.4 Å². The minimum absolute atomic E-state index is 0. The van der Waals surface area contributed by atoms with Gasteiger partial charge in [0.05, 0.1) is 6.10 Å². The van der Waals surface area contributed by atoms with Gasteiger partial charge in [-0.15, -0.1) is 0 Å². The highest BCUT2D eigenvalue weighted by atomic mass is 27.0. The quantitative estimate of drug-likeness (QED) is 0.558. The van der Waals surface area contributed by atoms with Crippen molar-refractivity contribution < 1.29 is 19.5 Å². The molecule has 0 bridgehead atoms. The Balaban J connectivity index is -0.000000242. The van der Waals surface area contributed by atoms with Gasteiger partial charge < -0.3 is 5.11 Å². The van der Waals surface area contributed by atoms with Crippen LogP contribution >= 0.6 is 0 Å². The van der Waals surface area contributed by atoms with Crippen LogP contribution in [0.25, 0.3) is 0 Å². The number of ketones is 3. The summed E-state index contributed by atoms with van der Waals surface area (Å²) in [6.07, 6.45) is 0.745. The van der Waals surface area contributed by atoms with Gasteiger partial charge in [-0.3, -0.25) is 14.4 Å². The van der Waals surface area contributed by atoms with E-state index in [0.29, 0.717) is 0 Å². The minimum atomic E-state index is -1.03. The van der Waals surface area contributed by atoms with E-state index < -0.39 is 5.92 Å². The molecule has 0 aliphatic heterocycles. The Labute approximate surface area is 108 Å². The Morgan fingerprint density at radius 1 is 1.00 bits per heavy atom. The van der Waals surface area contributed by atoms with Crippen molar-refractivity contribution >= 4 is 34.7 Å². The lowest BCUT2D eigenvalue weighted by Gasteiger charge is -2.02. The lowest BCUT2D eigenvalue weighted by Crippen LogP contribution is -2.26. The lowest BCUT2D eigenvalue weighted by molar-refractivity contribution is -0.137. The Hall–Kier alpha value is -0.498. The summed E-state index contributed by atoms with van der Waals surface area (Å²) >= 11 is 0. The standard InChI is InChI=1S/C7H10O3.C4H10O.Al.3H/c1-4(8)7(5(2)9)6(3)10;1-3-4(2)5;;;;/h7H,1-3H3;4-5H,3H2,1-2H3;;;;. The van der Waals surface area contributed by atoms with Crippen LogP contribution in [0.5, 0.6) is 0 Å². The Morgan fingerprint density at radius 3 is 1.19 bits per heavy atom. The number of carbonyl (C=O) groups excluding carboxylic acids is 3. The average Bonchev–Trinajstić information content (AvgIpc) is 2.02. The predicted molar refractivity (Wildman–Crippen MR) is 67.4 cm³/mol. The molecular weight excluding hydrogens is 223 g/mol. The third-order valence-corrected chi connectivity index (χ3v) is 1.81. The molecule has 0 saturated heterocycles. The van der Waals surface area contributed by atoms with Crippen LogP contribution in [0.4, 0.5) is 0 Å². The fraction of sp³-hybridized carbons (Fsp3) is 0.727. The number of carbonyl (C=O) groups is 3. The fourth-order valence-corrected chi connectivity index (χ4v) is 0.859. The third-order valence-electron chi connectivity index (χ3n) is 1.81. The first-order valence-corrected chi connectivity index (χ1v) is 4.93. The van der Waals surface area contributed by atoms with Crippen molar-refractivity contribution in [1.29, 1.82) is 0 Å². The molecule has 4 nitrogen and oxygen atoms in total.